The van der Waals surface area contributed by atoms with E-state index in [1.807, 2.05) is 6.07 Å². The van der Waals surface area contributed by atoms with Gasteiger partial charge in [0.15, 0.2) is 5.75 Å². The first-order valence-corrected chi connectivity index (χ1v) is 7.75. The molecule has 10 heteroatoms. The van der Waals surface area contributed by atoms with Crippen molar-refractivity contribution in [3.05, 3.63) is 50.1 Å². The van der Waals surface area contributed by atoms with Crippen LogP contribution in [0.25, 0.3) is 0 Å². The highest BCUT2D eigenvalue weighted by molar-refractivity contribution is 7.18. The van der Waals surface area contributed by atoms with Crippen LogP contribution in [0.3, 0.4) is 0 Å². The number of benzene rings is 1. The van der Waals surface area contributed by atoms with Crippen LogP contribution in [-0.2, 0) is 11.3 Å². The number of halogens is 1. The quantitative estimate of drug-likeness (QED) is 0.473. The molecule has 0 bridgehead atoms. The van der Waals surface area contributed by atoms with Gasteiger partial charge >= 0.3 is 11.7 Å². The van der Waals surface area contributed by atoms with E-state index in [0.717, 1.165) is 29.5 Å². The second-order valence-corrected chi connectivity index (χ2v) is 5.69. The van der Waals surface area contributed by atoms with Crippen LogP contribution in [0, 0.1) is 27.3 Å². The van der Waals surface area contributed by atoms with Gasteiger partial charge in [0.2, 0.25) is 0 Å². The second kappa shape index (κ2) is 7.59. The summed E-state index contributed by atoms with van der Waals surface area (Å²) in [6, 6.07) is 4.60. The number of nitrogens with zero attached hydrogens (tertiary/aromatic N) is 2. The molecule has 0 aliphatic rings. The third-order valence-corrected chi connectivity index (χ3v) is 4.14. The number of nitrogen functional groups attached to an aromatic ring is 1. The van der Waals surface area contributed by atoms with Crippen LogP contribution in [0.4, 0.5) is 15.1 Å². The van der Waals surface area contributed by atoms with Crippen molar-refractivity contribution in [1.29, 1.82) is 5.26 Å². The first-order valence-electron chi connectivity index (χ1n) is 6.94. The van der Waals surface area contributed by atoms with Gasteiger partial charge in [-0.1, -0.05) is 0 Å². The predicted octanol–water partition coefficient (Wildman–Crippen LogP) is 3.00. The summed E-state index contributed by atoms with van der Waals surface area (Å²) < 4.78 is 23.5. The van der Waals surface area contributed by atoms with Gasteiger partial charge in [0.05, 0.1) is 17.1 Å². The summed E-state index contributed by atoms with van der Waals surface area (Å²) in [6.07, 6.45) is 0. The van der Waals surface area contributed by atoms with Gasteiger partial charge in [-0.3, -0.25) is 10.1 Å². The van der Waals surface area contributed by atoms with Crippen LogP contribution in [0.2, 0.25) is 0 Å². The summed E-state index contributed by atoms with van der Waals surface area (Å²) in [4.78, 5) is 22.3. The van der Waals surface area contributed by atoms with Crippen molar-refractivity contribution >= 4 is 28.0 Å². The van der Waals surface area contributed by atoms with E-state index in [4.69, 9.17) is 15.2 Å². The van der Waals surface area contributed by atoms with Crippen molar-refractivity contribution in [2.24, 2.45) is 0 Å². The molecule has 0 unspecified atom stereocenters. The monoisotopic (exact) mass is 365 g/mol. The van der Waals surface area contributed by atoms with Gasteiger partial charge in [0.25, 0.3) is 0 Å². The number of anilines is 1. The maximum atomic E-state index is 13.3. The number of hydrogen-bond acceptors (Lipinski definition) is 8. The van der Waals surface area contributed by atoms with Crippen molar-refractivity contribution in [2.45, 2.75) is 13.5 Å². The summed E-state index contributed by atoms with van der Waals surface area (Å²) >= 11 is 0.855. The molecular weight excluding hydrogens is 353 g/mol. The molecule has 0 amide bonds. The number of thiophene rings is 1. The van der Waals surface area contributed by atoms with Gasteiger partial charge < -0.3 is 15.2 Å². The molecule has 130 valence electrons. The van der Waals surface area contributed by atoms with Gasteiger partial charge in [-0.05, 0) is 13.0 Å². The Kier molecular flexibility index (Phi) is 5.51. The summed E-state index contributed by atoms with van der Waals surface area (Å²) in [5.41, 5.74) is 5.44. The predicted molar refractivity (Wildman–Crippen MR) is 86.8 cm³/mol. The number of esters is 1. The molecule has 0 fully saturated rings. The van der Waals surface area contributed by atoms with E-state index >= 15 is 0 Å². The SMILES string of the molecule is CCOC(=O)c1sc(N)c(C#N)c1COc1cc(F)ccc1[N+](=O)[O-]. The first kappa shape index (κ1) is 18.2. The maximum absolute atomic E-state index is 13.3. The van der Waals surface area contributed by atoms with Crippen LogP contribution in [-0.4, -0.2) is 17.5 Å². The fraction of sp³-hybridized carbons (Fsp3) is 0.200. The number of nitro benzene ring substituents is 1. The number of hydrogen-bond donors (Lipinski definition) is 1. The lowest BCUT2D eigenvalue weighted by atomic mass is 10.1. The van der Waals surface area contributed by atoms with E-state index in [-0.39, 0.29) is 40.0 Å². The molecule has 0 saturated carbocycles. The average molecular weight is 365 g/mol. The standard InChI is InChI=1S/C15H12FN3O5S/c1-2-23-15(20)13-10(9(6-17)14(18)25-13)7-24-12-5-8(16)3-4-11(12)19(21)22/h3-5H,2,7,18H2,1H3. The highest BCUT2D eigenvalue weighted by Gasteiger charge is 2.24. The second-order valence-electron chi connectivity index (χ2n) is 4.64. The van der Waals surface area contributed by atoms with Gasteiger partial charge in [0, 0.05) is 17.7 Å². The molecule has 25 heavy (non-hydrogen) atoms. The van der Waals surface area contributed by atoms with Crippen molar-refractivity contribution in [2.75, 3.05) is 12.3 Å². The van der Waals surface area contributed by atoms with Gasteiger partial charge in [0.1, 0.15) is 28.4 Å². The number of nitriles is 1. The smallest absolute Gasteiger partial charge is 0.348 e. The third-order valence-electron chi connectivity index (χ3n) is 3.10. The van der Waals surface area contributed by atoms with Gasteiger partial charge in [-0.15, -0.1) is 11.3 Å². The fourth-order valence-corrected chi connectivity index (χ4v) is 2.93. The molecule has 0 aliphatic carbocycles. The highest BCUT2D eigenvalue weighted by Crippen LogP contribution is 2.34. The van der Waals surface area contributed by atoms with Crippen LogP contribution < -0.4 is 10.5 Å². The number of rotatable bonds is 6. The highest BCUT2D eigenvalue weighted by atomic mass is 32.1. The van der Waals surface area contributed by atoms with Gasteiger partial charge in [-0.25, -0.2) is 9.18 Å². The molecule has 2 rings (SSSR count). The Labute approximate surface area is 145 Å². The molecule has 1 aromatic carbocycles. The van der Waals surface area contributed by atoms with Crippen LogP contribution in [0.1, 0.15) is 27.7 Å². The molecule has 0 aliphatic heterocycles. The van der Waals surface area contributed by atoms with E-state index in [9.17, 15) is 24.6 Å². The maximum Gasteiger partial charge on any atom is 0.348 e. The summed E-state index contributed by atoms with van der Waals surface area (Å²) in [6.45, 7) is 1.36. The van der Waals surface area contributed by atoms with E-state index in [2.05, 4.69) is 0 Å². The molecule has 2 N–H and O–H groups in total. The van der Waals surface area contributed by atoms with E-state index < -0.39 is 22.4 Å². The van der Waals surface area contributed by atoms with Crippen molar-refractivity contribution in [3.8, 4) is 11.8 Å². The molecule has 0 spiro atoms. The zero-order valence-corrected chi connectivity index (χ0v) is 13.8. The minimum absolute atomic E-state index is 0.0205. The minimum Gasteiger partial charge on any atom is -0.482 e. The van der Waals surface area contributed by atoms with E-state index in [1.165, 1.54) is 0 Å². The van der Waals surface area contributed by atoms with Crippen molar-refractivity contribution < 1.29 is 23.6 Å². The Morgan fingerprint density at radius 2 is 2.24 bits per heavy atom. The fourth-order valence-electron chi connectivity index (χ4n) is 2.01. The molecule has 0 saturated heterocycles. The number of ether oxygens (including phenoxy) is 2. The van der Waals surface area contributed by atoms with Gasteiger partial charge in [-0.2, -0.15) is 5.26 Å². The van der Waals surface area contributed by atoms with Crippen molar-refractivity contribution in [3.63, 3.8) is 0 Å². The number of nitro groups is 1. The molecule has 1 heterocycles. The average Bonchev–Trinajstić information content (AvgIpc) is 2.88. The summed E-state index contributed by atoms with van der Waals surface area (Å²) in [5.74, 6) is -1.74. The normalized spacial score (nSPS) is 10.1. The van der Waals surface area contributed by atoms with Crippen LogP contribution >= 0.6 is 11.3 Å². The Hall–Kier alpha value is -3.19. The Balaban J connectivity index is 2.38. The van der Waals surface area contributed by atoms with Crippen molar-refractivity contribution in [1.82, 2.24) is 0 Å². The Bertz CT molecular complexity index is 875. The van der Waals surface area contributed by atoms with E-state index in [0.29, 0.717) is 0 Å². The third kappa shape index (κ3) is 3.84. The molecule has 2 aromatic rings. The zero-order valence-electron chi connectivity index (χ0n) is 12.9. The minimum atomic E-state index is -0.728. The van der Waals surface area contributed by atoms with Crippen LogP contribution in [0.15, 0.2) is 18.2 Å². The molecular formula is C15H12FN3O5S. The first-order chi connectivity index (χ1) is 11.9. The number of carbonyl (C=O) groups excluding carboxylic acids is 1. The molecule has 1 aromatic heterocycles. The molecule has 0 atom stereocenters. The van der Waals surface area contributed by atoms with E-state index in [1.54, 1.807) is 6.92 Å². The topological polar surface area (TPSA) is 128 Å². The molecule has 8 nitrogen and oxygen atoms in total. The summed E-state index contributed by atoms with van der Waals surface area (Å²) in [7, 11) is 0. The molecule has 0 radical (unpaired) electrons. The largest absolute Gasteiger partial charge is 0.482 e. The summed E-state index contributed by atoms with van der Waals surface area (Å²) in [5, 5.41) is 20.3. The Morgan fingerprint density at radius 3 is 2.84 bits per heavy atom. The van der Waals surface area contributed by atoms with Crippen LogP contribution in [0.5, 0.6) is 5.75 Å². The lowest BCUT2D eigenvalue weighted by Crippen LogP contribution is -2.08. The Morgan fingerprint density at radius 1 is 1.52 bits per heavy atom. The number of nitrogens with two attached hydrogens (primary N) is 1. The number of carbonyl (C=O) groups is 1. The zero-order chi connectivity index (χ0) is 18.6. The lowest BCUT2D eigenvalue weighted by molar-refractivity contribution is -0.386. The lowest BCUT2D eigenvalue weighted by Gasteiger charge is -2.08.